The van der Waals surface area contributed by atoms with Gasteiger partial charge in [-0.05, 0) is 30.5 Å². The number of rotatable bonds is 5. The predicted molar refractivity (Wildman–Crippen MR) is 93.6 cm³/mol. The molecule has 2 aliphatic rings. The van der Waals surface area contributed by atoms with E-state index in [4.69, 9.17) is 13.6 Å². The lowest BCUT2D eigenvalue weighted by Gasteiger charge is -2.29. The number of ether oxygens (including phenoxy) is 1. The summed E-state index contributed by atoms with van der Waals surface area (Å²) in [6.45, 7) is 3.00. The van der Waals surface area contributed by atoms with Crippen LogP contribution < -0.4 is 0 Å². The number of aromatic nitrogens is 2. The molecule has 1 aliphatic carbocycles. The maximum absolute atomic E-state index is 11.7. The summed E-state index contributed by atoms with van der Waals surface area (Å²) in [4.78, 5) is 0. The molecule has 3 atom stereocenters. The van der Waals surface area contributed by atoms with Crippen LogP contribution in [0.15, 0.2) is 21.0 Å². The molecule has 9 heteroatoms. The quantitative estimate of drug-likeness (QED) is 0.786. The highest BCUT2D eigenvalue weighted by Gasteiger charge is 2.36. The van der Waals surface area contributed by atoms with Crippen LogP contribution in [0, 0.1) is 5.92 Å². The molecule has 0 amide bonds. The molecule has 3 heterocycles. The highest BCUT2D eigenvalue weighted by atomic mass is 32.2. The SMILES string of the molecule is CC1CC1c1ccc(/C=C/c2nnc(C3CN(S(C)(=O)=O)CCO3)o2)o1. The van der Waals surface area contributed by atoms with Crippen molar-refractivity contribution in [1.29, 1.82) is 0 Å². The summed E-state index contributed by atoms with van der Waals surface area (Å²) in [7, 11) is -3.27. The van der Waals surface area contributed by atoms with E-state index in [9.17, 15) is 8.42 Å². The van der Waals surface area contributed by atoms with E-state index in [1.165, 1.54) is 17.0 Å². The van der Waals surface area contributed by atoms with Gasteiger partial charge in [0.2, 0.25) is 21.8 Å². The number of hydrogen-bond donors (Lipinski definition) is 0. The summed E-state index contributed by atoms with van der Waals surface area (Å²) >= 11 is 0. The first kappa shape index (κ1) is 17.4. The van der Waals surface area contributed by atoms with Gasteiger partial charge in [-0.2, -0.15) is 4.31 Å². The van der Waals surface area contributed by atoms with Gasteiger partial charge in [-0.1, -0.05) is 6.92 Å². The van der Waals surface area contributed by atoms with Crippen LogP contribution in [0.4, 0.5) is 0 Å². The molecule has 0 aromatic carbocycles. The third kappa shape index (κ3) is 3.74. The Morgan fingerprint density at radius 2 is 2.04 bits per heavy atom. The maximum atomic E-state index is 11.7. The summed E-state index contributed by atoms with van der Waals surface area (Å²) in [6.07, 6.45) is 5.25. The van der Waals surface area contributed by atoms with Crippen molar-refractivity contribution in [2.24, 2.45) is 5.92 Å². The fourth-order valence-corrected chi connectivity index (χ4v) is 3.86. The molecule has 1 aliphatic heterocycles. The lowest BCUT2D eigenvalue weighted by molar-refractivity contribution is -0.0172. The van der Waals surface area contributed by atoms with Crippen LogP contribution in [0.25, 0.3) is 12.2 Å². The summed E-state index contributed by atoms with van der Waals surface area (Å²) in [5.41, 5.74) is 0. The molecular formula is C17H21N3O5S. The van der Waals surface area contributed by atoms with Gasteiger partial charge in [0.25, 0.3) is 0 Å². The molecule has 0 N–H and O–H groups in total. The Morgan fingerprint density at radius 3 is 2.77 bits per heavy atom. The number of nitrogens with zero attached hydrogens (tertiary/aromatic N) is 3. The first-order chi connectivity index (χ1) is 12.4. The summed E-state index contributed by atoms with van der Waals surface area (Å²) in [6, 6.07) is 3.92. The standard InChI is InChI=1S/C17H21N3O5S/c1-11-9-13(11)14-5-3-12(24-14)4-6-16-18-19-17(25-16)15-10-20(7-8-23-15)26(2,21)22/h3-6,11,13,15H,7-10H2,1-2H3/b6-4+. The molecule has 2 fully saturated rings. The van der Waals surface area contributed by atoms with Crippen LogP contribution in [-0.4, -0.2) is 48.9 Å². The van der Waals surface area contributed by atoms with Crippen LogP contribution in [0.2, 0.25) is 0 Å². The summed E-state index contributed by atoms with van der Waals surface area (Å²) in [5, 5.41) is 7.94. The van der Waals surface area contributed by atoms with Crippen molar-refractivity contribution in [1.82, 2.24) is 14.5 Å². The van der Waals surface area contributed by atoms with Crippen molar-refractivity contribution < 1.29 is 22.0 Å². The Bertz CT molecular complexity index is 916. The number of hydrogen-bond acceptors (Lipinski definition) is 7. The third-order valence-corrected chi connectivity index (χ3v) is 6.01. The Labute approximate surface area is 151 Å². The average Bonchev–Trinajstić information content (AvgIpc) is 3.04. The molecule has 140 valence electrons. The second-order valence-electron chi connectivity index (χ2n) is 6.85. The minimum Gasteiger partial charge on any atom is -0.461 e. The fourth-order valence-electron chi connectivity index (χ4n) is 3.05. The first-order valence-corrected chi connectivity index (χ1v) is 10.4. The fraction of sp³-hybridized carbons (Fsp3) is 0.529. The Balaban J connectivity index is 1.42. The molecule has 2 aromatic heterocycles. The van der Waals surface area contributed by atoms with E-state index in [0.29, 0.717) is 30.9 Å². The molecule has 1 saturated carbocycles. The Kier molecular flexibility index (Phi) is 4.45. The zero-order valence-electron chi connectivity index (χ0n) is 14.7. The lowest BCUT2D eigenvalue weighted by atomic mass is 10.3. The van der Waals surface area contributed by atoms with E-state index >= 15 is 0 Å². The van der Waals surface area contributed by atoms with Crippen LogP contribution >= 0.6 is 0 Å². The molecular weight excluding hydrogens is 358 g/mol. The zero-order chi connectivity index (χ0) is 18.3. The number of furan rings is 1. The van der Waals surface area contributed by atoms with E-state index in [0.717, 1.165) is 11.5 Å². The Morgan fingerprint density at radius 1 is 1.23 bits per heavy atom. The average molecular weight is 379 g/mol. The molecule has 8 nitrogen and oxygen atoms in total. The van der Waals surface area contributed by atoms with Gasteiger partial charge >= 0.3 is 0 Å². The molecule has 3 unspecified atom stereocenters. The maximum Gasteiger partial charge on any atom is 0.246 e. The smallest absolute Gasteiger partial charge is 0.246 e. The van der Waals surface area contributed by atoms with Crippen molar-refractivity contribution >= 4 is 22.2 Å². The van der Waals surface area contributed by atoms with E-state index in [1.807, 2.05) is 12.1 Å². The van der Waals surface area contributed by atoms with Gasteiger partial charge in [0.05, 0.1) is 12.9 Å². The molecule has 26 heavy (non-hydrogen) atoms. The normalized spacial score (nSPS) is 27.2. The number of sulfonamides is 1. The van der Waals surface area contributed by atoms with Gasteiger partial charge in [-0.3, -0.25) is 0 Å². The van der Waals surface area contributed by atoms with Crippen LogP contribution in [0.5, 0.6) is 0 Å². The highest BCUT2D eigenvalue weighted by molar-refractivity contribution is 7.88. The van der Waals surface area contributed by atoms with E-state index in [1.54, 1.807) is 12.2 Å². The second-order valence-corrected chi connectivity index (χ2v) is 8.83. The molecule has 4 rings (SSSR count). The third-order valence-electron chi connectivity index (χ3n) is 4.74. The molecule has 0 radical (unpaired) electrons. The van der Waals surface area contributed by atoms with Crippen LogP contribution in [0.3, 0.4) is 0 Å². The highest BCUT2D eigenvalue weighted by Crippen LogP contribution is 2.47. The monoisotopic (exact) mass is 379 g/mol. The summed E-state index contributed by atoms with van der Waals surface area (Å²) in [5.74, 6) is 3.56. The lowest BCUT2D eigenvalue weighted by Crippen LogP contribution is -2.41. The minimum atomic E-state index is -3.27. The van der Waals surface area contributed by atoms with Gasteiger partial charge in [0, 0.05) is 25.1 Å². The van der Waals surface area contributed by atoms with Crippen molar-refractivity contribution in [3.63, 3.8) is 0 Å². The van der Waals surface area contributed by atoms with Crippen molar-refractivity contribution in [3.05, 3.63) is 35.4 Å². The van der Waals surface area contributed by atoms with E-state index in [-0.39, 0.29) is 12.4 Å². The largest absolute Gasteiger partial charge is 0.461 e. The molecule has 0 bridgehead atoms. The van der Waals surface area contributed by atoms with Crippen molar-refractivity contribution in [3.8, 4) is 0 Å². The van der Waals surface area contributed by atoms with Crippen LogP contribution in [0.1, 0.15) is 48.7 Å². The molecule has 0 spiro atoms. The van der Waals surface area contributed by atoms with Crippen molar-refractivity contribution in [2.45, 2.75) is 25.4 Å². The van der Waals surface area contributed by atoms with Gasteiger partial charge in [0.15, 0.2) is 0 Å². The second kappa shape index (κ2) is 6.64. The first-order valence-electron chi connectivity index (χ1n) is 8.58. The van der Waals surface area contributed by atoms with E-state index in [2.05, 4.69) is 17.1 Å². The van der Waals surface area contributed by atoms with Gasteiger partial charge < -0.3 is 13.6 Å². The van der Waals surface area contributed by atoms with Gasteiger partial charge in [-0.25, -0.2) is 8.42 Å². The van der Waals surface area contributed by atoms with Crippen molar-refractivity contribution in [2.75, 3.05) is 26.0 Å². The van der Waals surface area contributed by atoms with Gasteiger partial charge in [0.1, 0.15) is 17.6 Å². The number of morpholine rings is 1. The zero-order valence-corrected chi connectivity index (χ0v) is 15.5. The minimum absolute atomic E-state index is 0.172. The molecule has 1 saturated heterocycles. The van der Waals surface area contributed by atoms with E-state index < -0.39 is 16.1 Å². The molecule has 2 aromatic rings. The Hall–Kier alpha value is -1.97. The predicted octanol–water partition coefficient (Wildman–Crippen LogP) is 2.29. The summed E-state index contributed by atoms with van der Waals surface area (Å²) < 4.78 is 41.7. The van der Waals surface area contributed by atoms with Crippen LogP contribution in [-0.2, 0) is 14.8 Å². The van der Waals surface area contributed by atoms with Gasteiger partial charge in [-0.15, -0.1) is 10.2 Å². The topological polar surface area (TPSA) is 98.7 Å².